The molecule has 3 rings (SSSR count). The SMILES string of the molecule is CCn1c(-c2cn(C)nc2-c2ccccc2)n[nH]c1=S. The molecule has 2 heterocycles. The van der Waals surface area contributed by atoms with Crippen LogP contribution in [0.1, 0.15) is 6.92 Å². The first-order valence-electron chi connectivity index (χ1n) is 6.45. The molecule has 5 nitrogen and oxygen atoms in total. The van der Waals surface area contributed by atoms with Crippen LogP contribution in [0.3, 0.4) is 0 Å². The molecule has 0 bridgehead atoms. The standard InChI is InChI=1S/C14H15N5S/c1-3-19-13(15-16-14(19)20)11-9-18(2)17-12(11)10-7-5-4-6-8-10/h4-9H,3H2,1-2H3,(H,16,20). The first-order chi connectivity index (χ1) is 9.70. The predicted molar refractivity (Wildman–Crippen MR) is 80.7 cm³/mol. The van der Waals surface area contributed by atoms with Gasteiger partial charge in [0.05, 0.1) is 5.56 Å². The highest BCUT2D eigenvalue weighted by molar-refractivity contribution is 7.71. The Kier molecular flexibility index (Phi) is 3.23. The Morgan fingerprint density at radius 2 is 2.00 bits per heavy atom. The van der Waals surface area contributed by atoms with Gasteiger partial charge in [-0.25, -0.2) is 0 Å². The van der Waals surface area contributed by atoms with Crippen LogP contribution in [0.25, 0.3) is 22.6 Å². The Morgan fingerprint density at radius 1 is 1.25 bits per heavy atom. The zero-order valence-electron chi connectivity index (χ0n) is 11.4. The van der Waals surface area contributed by atoms with Gasteiger partial charge in [0.25, 0.3) is 0 Å². The molecule has 0 aliphatic carbocycles. The number of hydrogen-bond donors (Lipinski definition) is 1. The number of benzene rings is 1. The summed E-state index contributed by atoms with van der Waals surface area (Å²) >= 11 is 5.26. The van der Waals surface area contributed by atoms with E-state index in [1.807, 2.05) is 55.1 Å². The van der Waals surface area contributed by atoms with Gasteiger partial charge in [-0.15, -0.1) is 0 Å². The quantitative estimate of drug-likeness (QED) is 0.753. The fraction of sp³-hybridized carbons (Fsp3) is 0.214. The zero-order chi connectivity index (χ0) is 14.1. The lowest BCUT2D eigenvalue weighted by Crippen LogP contribution is -1.98. The second-order valence-electron chi connectivity index (χ2n) is 4.53. The summed E-state index contributed by atoms with van der Waals surface area (Å²) in [5.74, 6) is 0.824. The molecule has 0 spiro atoms. The lowest BCUT2D eigenvalue weighted by molar-refractivity contribution is 0.754. The summed E-state index contributed by atoms with van der Waals surface area (Å²) in [5, 5.41) is 11.8. The summed E-state index contributed by atoms with van der Waals surface area (Å²) < 4.78 is 4.40. The van der Waals surface area contributed by atoms with Gasteiger partial charge in [-0.3, -0.25) is 9.78 Å². The molecule has 20 heavy (non-hydrogen) atoms. The van der Waals surface area contributed by atoms with Gasteiger partial charge in [-0.1, -0.05) is 30.3 Å². The van der Waals surface area contributed by atoms with E-state index >= 15 is 0 Å². The van der Waals surface area contributed by atoms with Crippen molar-refractivity contribution in [3.05, 3.63) is 41.3 Å². The minimum absolute atomic E-state index is 0.630. The fourth-order valence-corrected chi connectivity index (χ4v) is 2.54. The Morgan fingerprint density at radius 3 is 2.70 bits per heavy atom. The molecule has 0 atom stereocenters. The number of aryl methyl sites for hydroxylation is 1. The molecule has 0 radical (unpaired) electrons. The Bertz CT molecular complexity index is 782. The molecule has 0 fully saturated rings. The predicted octanol–water partition coefficient (Wildman–Crippen LogP) is 3.03. The fourth-order valence-electron chi connectivity index (χ4n) is 2.28. The van der Waals surface area contributed by atoms with Gasteiger partial charge in [0.15, 0.2) is 10.6 Å². The maximum absolute atomic E-state index is 5.26. The number of nitrogens with one attached hydrogen (secondary N) is 1. The summed E-state index contributed by atoms with van der Waals surface area (Å²) in [6.45, 7) is 2.82. The molecule has 1 N–H and O–H groups in total. The first-order valence-corrected chi connectivity index (χ1v) is 6.86. The molecule has 6 heteroatoms. The van der Waals surface area contributed by atoms with Crippen molar-refractivity contribution < 1.29 is 0 Å². The van der Waals surface area contributed by atoms with Crippen LogP contribution in [0.2, 0.25) is 0 Å². The third kappa shape index (κ3) is 2.08. The Balaban J connectivity index is 2.22. The average molecular weight is 285 g/mol. The smallest absolute Gasteiger partial charge is 0.195 e. The van der Waals surface area contributed by atoms with Gasteiger partial charge < -0.3 is 4.57 Å². The number of aromatic amines is 1. The Hall–Kier alpha value is -2.21. The van der Waals surface area contributed by atoms with Crippen LogP contribution in [-0.4, -0.2) is 24.5 Å². The van der Waals surface area contributed by atoms with Crippen molar-refractivity contribution in [2.24, 2.45) is 7.05 Å². The summed E-state index contributed by atoms with van der Waals surface area (Å²) in [4.78, 5) is 0. The molecule has 0 saturated heterocycles. The van der Waals surface area contributed by atoms with E-state index in [9.17, 15) is 0 Å². The largest absolute Gasteiger partial charge is 0.300 e. The van der Waals surface area contributed by atoms with Gasteiger partial charge in [-0.05, 0) is 19.1 Å². The minimum Gasteiger partial charge on any atom is -0.300 e. The van der Waals surface area contributed by atoms with E-state index in [-0.39, 0.29) is 0 Å². The van der Waals surface area contributed by atoms with Crippen molar-refractivity contribution in [1.29, 1.82) is 0 Å². The molecule has 2 aromatic heterocycles. The molecule has 0 unspecified atom stereocenters. The molecule has 102 valence electrons. The maximum atomic E-state index is 5.26. The highest BCUT2D eigenvalue weighted by Gasteiger charge is 2.16. The van der Waals surface area contributed by atoms with Crippen molar-refractivity contribution in [2.75, 3.05) is 0 Å². The molecule has 1 aromatic carbocycles. The van der Waals surface area contributed by atoms with Crippen molar-refractivity contribution in [2.45, 2.75) is 13.5 Å². The van der Waals surface area contributed by atoms with E-state index < -0.39 is 0 Å². The second-order valence-corrected chi connectivity index (χ2v) is 4.91. The van der Waals surface area contributed by atoms with E-state index in [4.69, 9.17) is 12.2 Å². The molecular weight excluding hydrogens is 270 g/mol. The van der Waals surface area contributed by atoms with Crippen LogP contribution in [0.5, 0.6) is 0 Å². The zero-order valence-corrected chi connectivity index (χ0v) is 12.2. The third-order valence-electron chi connectivity index (χ3n) is 3.19. The molecule has 0 amide bonds. The van der Waals surface area contributed by atoms with Gasteiger partial charge in [0, 0.05) is 25.4 Å². The van der Waals surface area contributed by atoms with Crippen LogP contribution in [0.15, 0.2) is 36.5 Å². The molecular formula is C14H15N5S. The lowest BCUT2D eigenvalue weighted by Gasteiger charge is -2.03. The van der Waals surface area contributed by atoms with Gasteiger partial charge >= 0.3 is 0 Å². The monoisotopic (exact) mass is 285 g/mol. The lowest BCUT2D eigenvalue weighted by atomic mass is 10.1. The van der Waals surface area contributed by atoms with E-state index in [0.29, 0.717) is 4.77 Å². The number of nitrogens with zero attached hydrogens (tertiary/aromatic N) is 4. The highest BCUT2D eigenvalue weighted by atomic mass is 32.1. The maximum Gasteiger partial charge on any atom is 0.195 e. The summed E-state index contributed by atoms with van der Waals surface area (Å²) in [6.07, 6.45) is 1.97. The van der Waals surface area contributed by atoms with Gasteiger partial charge in [-0.2, -0.15) is 10.2 Å². The van der Waals surface area contributed by atoms with Crippen molar-refractivity contribution in [3.8, 4) is 22.6 Å². The second kappa shape index (κ2) is 5.05. The first kappa shape index (κ1) is 12.8. The average Bonchev–Trinajstić information content (AvgIpc) is 3.02. The van der Waals surface area contributed by atoms with Crippen molar-refractivity contribution >= 4 is 12.2 Å². The Labute approximate surface area is 121 Å². The summed E-state index contributed by atoms with van der Waals surface area (Å²) in [5.41, 5.74) is 2.96. The van der Waals surface area contributed by atoms with E-state index in [1.165, 1.54) is 0 Å². The number of H-pyrrole nitrogens is 1. The molecule has 0 aliphatic rings. The van der Waals surface area contributed by atoms with Crippen LogP contribution < -0.4 is 0 Å². The minimum atomic E-state index is 0.630. The van der Waals surface area contributed by atoms with Gasteiger partial charge in [0.2, 0.25) is 0 Å². The van der Waals surface area contributed by atoms with Crippen LogP contribution in [-0.2, 0) is 13.6 Å². The number of rotatable bonds is 3. The highest BCUT2D eigenvalue weighted by Crippen LogP contribution is 2.29. The van der Waals surface area contributed by atoms with E-state index in [1.54, 1.807) is 4.68 Å². The molecule has 0 saturated carbocycles. The van der Waals surface area contributed by atoms with Gasteiger partial charge in [0.1, 0.15) is 5.69 Å². The third-order valence-corrected chi connectivity index (χ3v) is 3.50. The van der Waals surface area contributed by atoms with Crippen molar-refractivity contribution in [1.82, 2.24) is 24.5 Å². The number of hydrogen-bond acceptors (Lipinski definition) is 3. The van der Waals surface area contributed by atoms with Crippen LogP contribution >= 0.6 is 12.2 Å². The van der Waals surface area contributed by atoms with Crippen LogP contribution in [0.4, 0.5) is 0 Å². The normalized spacial score (nSPS) is 10.9. The number of aromatic nitrogens is 5. The molecule has 3 aromatic rings. The summed E-state index contributed by atoms with van der Waals surface area (Å²) in [7, 11) is 1.91. The van der Waals surface area contributed by atoms with E-state index in [0.717, 1.165) is 29.2 Å². The van der Waals surface area contributed by atoms with Crippen LogP contribution in [0, 0.1) is 4.77 Å². The molecule has 0 aliphatic heterocycles. The summed E-state index contributed by atoms with van der Waals surface area (Å²) in [6, 6.07) is 10.1. The topological polar surface area (TPSA) is 51.4 Å². The van der Waals surface area contributed by atoms with E-state index in [2.05, 4.69) is 15.3 Å². The van der Waals surface area contributed by atoms with Crippen molar-refractivity contribution in [3.63, 3.8) is 0 Å².